The molecule has 3 rings (SSSR count). The third-order valence-corrected chi connectivity index (χ3v) is 3.12. The highest BCUT2D eigenvalue weighted by Gasteiger charge is 2.08. The molecule has 0 spiro atoms. The summed E-state index contributed by atoms with van der Waals surface area (Å²) in [6, 6.07) is 6.39. The normalized spacial score (nSPS) is 11.1. The maximum absolute atomic E-state index is 6.03. The van der Waals surface area contributed by atoms with E-state index >= 15 is 0 Å². The molecule has 0 aliphatic heterocycles. The first-order valence-corrected chi connectivity index (χ1v) is 6.09. The molecule has 3 nitrogen and oxygen atoms in total. The lowest BCUT2D eigenvalue weighted by molar-refractivity contribution is 1.13. The standard InChI is InChI=1S/C14H12ClN3/c1-9-5-10(2)7-11(6-9)12-8-18-4-3-16-13(15)14(18)17-12/h3-8H,1-2H3. The van der Waals surface area contributed by atoms with Crippen LogP contribution in [0.1, 0.15) is 11.1 Å². The van der Waals surface area contributed by atoms with Crippen molar-refractivity contribution in [2.45, 2.75) is 13.8 Å². The van der Waals surface area contributed by atoms with Gasteiger partial charge in [0.2, 0.25) is 0 Å². The summed E-state index contributed by atoms with van der Waals surface area (Å²) in [6.07, 6.45) is 5.49. The molecule has 90 valence electrons. The van der Waals surface area contributed by atoms with Gasteiger partial charge in [-0.2, -0.15) is 0 Å². The monoisotopic (exact) mass is 257 g/mol. The fraction of sp³-hybridized carbons (Fsp3) is 0.143. The van der Waals surface area contributed by atoms with Crippen LogP contribution in [-0.2, 0) is 0 Å². The summed E-state index contributed by atoms with van der Waals surface area (Å²) in [5.41, 5.74) is 5.16. The Kier molecular flexibility index (Phi) is 2.56. The van der Waals surface area contributed by atoms with Gasteiger partial charge in [-0.15, -0.1) is 0 Å². The molecule has 0 aliphatic rings. The van der Waals surface area contributed by atoms with E-state index in [-0.39, 0.29) is 0 Å². The molecule has 4 heteroatoms. The number of fused-ring (bicyclic) bond motifs is 1. The van der Waals surface area contributed by atoms with Crippen LogP contribution in [0, 0.1) is 13.8 Å². The first-order chi connectivity index (χ1) is 8.63. The van der Waals surface area contributed by atoms with Crippen LogP contribution in [0.4, 0.5) is 0 Å². The Bertz CT molecular complexity index is 711. The molecule has 1 aromatic carbocycles. The van der Waals surface area contributed by atoms with E-state index in [1.54, 1.807) is 6.20 Å². The predicted molar refractivity (Wildman–Crippen MR) is 72.9 cm³/mol. The van der Waals surface area contributed by atoms with Gasteiger partial charge in [-0.05, 0) is 26.0 Å². The molecule has 3 aromatic rings. The number of nitrogens with zero attached hydrogens (tertiary/aromatic N) is 3. The quantitative estimate of drug-likeness (QED) is 0.666. The molecule has 2 aromatic heterocycles. The largest absolute Gasteiger partial charge is 0.302 e. The van der Waals surface area contributed by atoms with Crippen molar-refractivity contribution in [1.29, 1.82) is 0 Å². The lowest BCUT2D eigenvalue weighted by Gasteiger charge is -2.01. The maximum Gasteiger partial charge on any atom is 0.175 e. The Morgan fingerprint density at radius 3 is 2.50 bits per heavy atom. The van der Waals surface area contributed by atoms with Crippen LogP contribution in [0.3, 0.4) is 0 Å². The van der Waals surface area contributed by atoms with E-state index in [0.717, 1.165) is 11.3 Å². The highest BCUT2D eigenvalue weighted by molar-refractivity contribution is 6.32. The average Bonchev–Trinajstić information content (AvgIpc) is 2.73. The molecular formula is C14H12ClN3. The molecule has 0 saturated carbocycles. The minimum absolute atomic E-state index is 0.424. The molecule has 0 atom stereocenters. The third kappa shape index (κ3) is 1.87. The highest BCUT2D eigenvalue weighted by Crippen LogP contribution is 2.23. The highest BCUT2D eigenvalue weighted by atomic mass is 35.5. The lowest BCUT2D eigenvalue weighted by Crippen LogP contribution is -1.84. The first-order valence-electron chi connectivity index (χ1n) is 5.71. The molecular weight excluding hydrogens is 246 g/mol. The fourth-order valence-electron chi connectivity index (χ4n) is 2.15. The number of halogens is 1. The van der Waals surface area contributed by atoms with E-state index in [2.05, 4.69) is 42.0 Å². The maximum atomic E-state index is 6.03. The Hall–Kier alpha value is -1.87. The summed E-state index contributed by atoms with van der Waals surface area (Å²) in [5, 5.41) is 0.424. The summed E-state index contributed by atoms with van der Waals surface area (Å²) in [4.78, 5) is 8.56. The van der Waals surface area contributed by atoms with Gasteiger partial charge in [0.25, 0.3) is 0 Å². The van der Waals surface area contributed by atoms with Gasteiger partial charge >= 0.3 is 0 Å². The van der Waals surface area contributed by atoms with Gasteiger partial charge in [-0.1, -0.05) is 28.8 Å². The van der Waals surface area contributed by atoms with Crippen molar-refractivity contribution in [1.82, 2.24) is 14.4 Å². The molecule has 0 fully saturated rings. The minimum atomic E-state index is 0.424. The van der Waals surface area contributed by atoms with E-state index in [1.165, 1.54) is 11.1 Å². The van der Waals surface area contributed by atoms with E-state index < -0.39 is 0 Å². The Labute approximate surface area is 110 Å². The Morgan fingerprint density at radius 2 is 1.83 bits per heavy atom. The van der Waals surface area contributed by atoms with Gasteiger partial charge in [0.1, 0.15) is 0 Å². The van der Waals surface area contributed by atoms with Gasteiger partial charge in [0.05, 0.1) is 5.69 Å². The van der Waals surface area contributed by atoms with Crippen molar-refractivity contribution in [3.63, 3.8) is 0 Å². The molecule has 0 radical (unpaired) electrons. The summed E-state index contributed by atoms with van der Waals surface area (Å²) in [7, 11) is 0. The van der Waals surface area contributed by atoms with Crippen molar-refractivity contribution < 1.29 is 0 Å². The fourth-order valence-corrected chi connectivity index (χ4v) is 2.35. The second-order valence-electron chi connectivity index (χ2n) is 4.45. The molecule has 2 heterocycles. The molecule has 18 heavy (non-hydrogen) atoms. The number of rotatable bonds is 1. The zero-order valence-electron chi connectivity index (χ0n) is 10.2. The summed E-state index contributed by atoms with van der Waals surface area (Å²) >= 11 is 6.03. The van der Waals surface area contributed by atoms with Crippen molar-refractivity contribution in [3.05, 3.63) is 53.1 Å². The second kappa shape index (κ2) is 4.10. The van der Waals surface area contributed by atoms with Crippen molar-refractivity contribution in [2.75, 3.05) is 0 Å². The molecule has 0 N–H and O–H groups in total. The lowest BCUT2D eigenvalue weighted by atomic mass is 10.1. The average molecular weight is 258 g/mol. The Balaban J connectivity index is 2.22. The van der Waals surface area contributed by atoms with Crippen LogP contribution in [0.2, 0.25) is 5.15 Å². The SMILES string of the molecule is Cc1cc(C)cc(-c2cn3ccnc(Cl)c3n2)c1. The second-order valence-corrected chi connectivity index (χ2v) is 4.81. The first kappa shape index (κ1) is 11.2. The number of imidazole rings is 1. The van der Waals surface area contributed by atoms with E-state index in [1.807, 2.05) is 16.8 Å². The van der Waals surface area contributed by atoms with Gasteiger partial charge in [0, 0.05) is 24.2 Å². The van der Waals surface area contributed by atoms with E-state index in [4.69, 9.17) is 11.6 Å². The number of benzene rings is 1. The van der Waals surface area contributed by atoms with Gasteiger partial charge in [-0.3, -0.25) is 0 Å². The van der Waals surface area contributed by atoms with Crippen LogP contribution >= 0.6 is 11.6 Å². The predicted octanol–water partition coefficient (Wildman–Crippen LogP) is 3.67. The molecule has 0 unspecified atom stereocenters. The molecule has 0 bridgehead atoms. The van der Waals surface area contributed by atoms with Crippen LogP contribution in [-0.4, -0.2) is 14.4 Å². The zero-order valence-corrected chi connectivity index (χ0v) is 10.9. The van der Waals surface area contributed by atoms with Gasteiger partial charge < -0.3 is 4.40 Å². The summed E-state index contributed by atoms with van der Waals surface area (Å²) < 4.78 is 1.89. The number of aromatic nitrogens is 3. The van der Waals surface area contributed by atoms with E-state index in [0.29, 0.717) is 10.8 Å². The van der Waals surface area contributed by atoms with Gasteiger partial charge in [-0.25, -0.2) is 9.97 Å². The topological polar surface area (TPSA) is 30.2 Å². The number of hydrogen-bond donors (Lipinski definition) is 0. The molecule has 0 amide bonds. The van der Waals surface area contributed by atoms with Crippen molar-refractivity contribution in [3.8, 4) is 11.3 Å². The van der Waals surface area contributed by atoms with Crippen LogP contribution in [0.5, 0.6) is 0 Å². The minimum Gasteiger partial charge on any atom is -0.302 e. The van der Waals surface area contributed by atoms with Crippen LogP contribution in [0.15, 0.2) is 36.8 Å². The smallest absolute Gasteiger partial charge is 0.175 e. The molecule has 0 saturated heterocycles. The van der Waals surface area contributed by atoms with Crippen LogP contribution in [0.25, 0.3) is 16.9 Å². The third-order valence-electron chi connectivity index (χ3n) is 2.85. The summed E-state index contributed by atoms with van der Waals surface area (Å²) in [5.74, 6) is 0. The van der Waals surface area contributed by atoms with E-state index in [9.17, 15) is 0 Å². The van der Waals surface area contributed by atoms with Gasteiger partial charge in [0.15, 0.2) is 10.8 Å². The molecule has 0 aliphatic carbocycles. The van der Waals surface area contributed by atoms with Crippen molar-refractivity contribution >= 4 is 17.2 Å². The van der Waals surface area contributed by atoms with Crippen molar-refractivity contribution in [2.24, 2.45) is 0 Å². The summed E-state index contributed by atoms with van der Waals surface area (Å²) in [6.45, 7) is 4.17. The number of hydrogen-bond acceptors (Lipinski definition) is 2. The Morgan fingerprint density at radius 1 is 1.11 bits per heavy atom. The van der Waals surface area contributed by atoms with Crippen LogP contribution < -0.4 is 0 Å². The zero-order chi connectivity index (χ0) is 12.7. The number of aryl methyl sites for hydroxylation is 2.